The molecule has 0 spiro atoms. The molecule has 26 heavy (non-hydrogen) atoms. The minimum absolute atomic E-state index is 0.188. The number of methoxy groups -OCH3 is 1. The molecular weight excluding hydrogens is 352 g/mol. The van der Waals surface area contributed by atoms with Crippen LogP contribution in [0.5, 0.6) is 0 Å². The topological polar surface area (TPSA) is 74.3 Å². The highest BCUT2D eigenvalue weighted by Gasteiger charge is 2.15. The Kier molecular flexibility index (Phi) is 5.27. The van der Waals surface area contributed by atoms with Crippen LogP contribution >= 0.6 is 11.8 Å². The number of nitrogens with zero attached hydrogens (tertiary/aromatic N) is 2. The highest BCUT2D eigenvalue weighted by molar-refractivity contribution is 7.99. The number of furan rings is 1. The van der Waals surface area contributed by atoms with Crippen molar-refractivity contribution in [3.63, 3.8) is 0 Å². The first-order chi connectivity index (χ1) is 12.5. The van der Waals surface area contributed by atoms with Crippen molar-refractivity contribution in [3.8, 4) is 0 Å². The second kappa shape index (κ2) is 7.61. The van der Waals surface area contributed by atoms with E-state index in [1.54, 1.807) is 35.1 Å². The molecule has 7 heteroatoms. The molecular formula is C19H18N2O4S. The van der Waals surface area contributed by atoms with E-state index in [0.29, 0.717) is 33.1 Å². The number of hydrogen-bond acceptors (Lipinski definition) is 6. The summed E-state index contributed by atoms with van der Waals surface area (Å²) in [5.41, 5.74) is 1.59. The molecule has 0 radical (unpaired) electrons. The number of esters is 1. The molecule has 0 aliphatic rings. The zero-order valence-electron chi connectivity index (χ0n) is 14.5. The third-order valence-corrected chi connectivity index (χ3v) is 4.89. The quantitative estimate of drug-likeness (QED) is 0.286. The van der Waals surface area contributed by atoms with Crippen molar-refractivity contribution >= 4 is 28.6 Å². The first kappa shape index (κ1) is 18.0. The molecule has 6 nitrogen and oxygen atoms in total. The van der Waals surface area contributed by atoms with E-state index >= 15 is 0 Å². The van der Waals surface area contributed by atoms with Crippen LogP contribution in [0.2, 0.25) is 0 Å². The predicted octanol–water partition coefficient (Wildman–Crippen LogP) is 3.49. The molecule has 0 atom stereocenters. The Morgan fingerprint density at radius 3 is 2.85 bits per heavy atom. The van der Waals surface area contributed by atoms with E-state index in [1.807, 2.05) is 13.0 Å². The van der Waals surface area contributed by atoms with Gasteiger partial charge in [-0.2, -0.15) is 0 Å². The molecule has 2 aromatic heterocycles. The Bertz CT molecular complexity index is 1020. The maximum atomic E-state index is 13.0. The number of rotatable bonds is 6. The van der Waals surface area contributed by atoms with Crippen LogP contribution in [0.25, 0.3) is 10.9 Å². The van der Waals surface area contributed by atoms with Gasteiger partial charge < -0.3 is 9.15 Å². The molecule has 3 aromatic rings. The minimum Gasteiger partial charge on any atom is -0.467 e. The summed E-state index contributed by atoms with van der Waals surface area (Å²) in [4.78, 5) is 29.4. The summed E-state index contributed by atoms with van der Waals surface area (Å²) in [6.45, 7) is 6.09. The number of carbonyl (C=O) groups is 1. The number of fused-ring (bicyclic) bond motifs is 1. The van der Waals surface area contributed by atoms with E-state index in [1.165, 1.54) is 18.9 Å². The molecule has 2 heterocycles. The average Bonchev–Trinajstić information content (AvgIpc) is 3.14. The summed E-state index contributed by atoms with van der Waals surface area (Å²) in [7, 11) is 1.31. The summed E-state index contributed by atoms with van der Waals surface area (Å²) < 4.78 is 11.7. The van der Waals surface area contributed by atoms with Gasteiger partial charge in [-0.15, -0.1) is 0 Å². The first-order valence-corrected chi connectivity index (χ1v) is 8.90. The molecule has 0 aliphatic heterocycles. The van der Waals surface area contributed by atoms with Gasteiger partial charge in [0.2, 0.25) is 0 Å². The fourth-order valence-electron chi connectivity index (χ4n) is 2.44. The average molecular weight is 370 g/mol. The van der Waals surface area contributed by atoms with Crippen LogP contribution in [0.1, 0.15) is 23.0 Å². The van der Waals surface area contributed by atoms with Gasteiger partial charge in [-0.1, -0.05) is 23.9 Å². The van der Waals surface area contributed by atoms with Gasteiger partial charge in [0.25, 0.3) is 5.56 Å². The van der Waals surface area contributed by atoms with Crippen LogP contribution in [-0.4, -0.2) is 28.4 Å². The molecule has 0 N–H and O–H groups in total. The zero-order chi connectivity index (χ0) is 18.7. The standard InChI is InChI=1S/C19H18N2O4S/c1-12(2)11-26-19-20-16-9-13(18(23)24-3)6-7-15(16)17(22)21(19)10-14-5-4-8-25-14/h4-9H,1,10-11H2,2-3H3. The number of carbonyl (C=O) groups excluding carboxylic acids is 1. The third kappa shape index (κ3) is 3.72. The van der Waals surface area contributed by atoms with E-state index in [-0.39, 0.29) is 12.1 Å². The zero-order valence-corrected chi connectivity index (χ0v) is 15.3. The number of aromatic nitrogens is 2. The maximum Gasteiger partial charge on any atom is 0.337 e. The van der Waals surface area contributed by atoms with E-state index < -0.39 is 5.97 Å². The summed E-state index contributed by atoms with van der Waals surface area (Å²) in [5.74, 6) is 0.827. The number of ether oxygens (including phenoxy) is 1. The lowest BCUT2D eigenvalue weighted by atomic mass is 10.1. The van der Waals surface area contributed by atoms with E-state index in [4.69, 9.17) is 9.15 Å². The largest absolute Gasteiger partial charge is 0.467 e. The lowest BCUT2D eigenvalue weighted by Crippen LogP contribution is -2.24. The Labute approximate surface area is 154 Å². The minimum atomic E-state index is -0.468. The summed E-state index contributed by atoms with van der Waals surface area (Å²) >= 11 is 1.42. The van der Waals surface area contributed by atoms with E-state index in [9.17, 15) is 9.59 Å². The highest BCUT2D eigenvalue weighted by atomic mass is 32.2. The summed E-state index contributed by atoms with van der Waals surface area (Å²) in [6.07, 6.45) is 1.57. The molecule has 0 fully saturated rings. The monoisotopic (exact) mass is 370 g/mol. The van der Waals surface area contributed by atoms with Crippen molar-refractivity contribution < 1.29 is 13.9 Å². The van der Waals surface area contributed by atoms with Gasteiger partial charge in [-0.05, 0) is 37.3 Å². The molecule has 134 valence electrons. The van der Waals surface area contributed by atoms with Gasteiger partial charge >= 0.3 is 5.97 Å². The smallest absolute Gasteiger partial charge is 0.337 e. The fourth-order valence-corrected chi connectivity index (χ4v) is 3.28. The second-order valence-electron chi connectivity index (χ2n) is 5.83. The van der Waals surface area contributed by atoms with Gasteiger partial charge in [0.05, 0.1) is 36.4 Å². The number of thioether (sulfide) groups is 1. The molecule has 0 saturated carbocycles. The number of hydrogen-bond donors (Lipinski definition) is 0. The lowest BCUT2D eigenvalue weighted by molar-refractivity contribution is 0.0601. The van der Waals surface area contributed by atoms with Crippen LogP contribution in [0, 0.1) is 0 Å². The van der Waals surface area contributed by atoms with Crippen molar-refractivity contribution in [3.05, 3.63) is 70.4 Å². The van der Waals surface area contributed by atoms with E-state index in [2.05, 4.69) is 11.6 Å². The third-order valence-electron chi connectivity index (χ3n) is 3.68. The molecule has 0 unspecified atom stereocenters. The van der Waals surface area contributed by atoms with Gasteiger partial charge in [-0.3, -0.25) is 9.36 Å². The lowest BCUT2D eigenvalue weighted by Gasteiger charge is -2.12. The van der Waals surface area contributed by atoms with Crippen molar-refractivity contribution in [1.29, 1.82) is 0 Å². The Morgan fingerprint density at radius 2 is 2.19 bits per heavy atom. The molecule has 0 amide bonds. The van der Waals surface area contributed by atoms with Gasteiger partial charge in [0, 0.05) is 5.75 Å². The SMILES string of the molecule is C=C(C)CSc1nc2cc(C(=O)OC)ccc2c(=O)n1Cc1ccco1. The van der Waals surface area contributed by atoms with Gasteiger partial charge in [-0.25, -0.2) is 9.78 Å². The second-order valence-corrected chi connectivity index (χ2v) is 6.78. The van der Waals surface area contributed by atoms with Gasteiger partial charge in [0.15, 0.2) is 5.16 Å². The van der Waals surface area contributed by atoms with Crippen LogP contribution in [-0.2, 0) is 11.3 Å². The molecule has 3 rings (SSSR count). The first-order valence-electron chi connectivity index (χ1n) is 7.92. The van der Waals surface area contributed by atoms with Crippen LogP contribution in [0.15, 0.2) is 63.1 Å². The van der Waals surface area contributed by atoms with Crippen LogP contribution in [0.4, 0.5) is 0 Å². The van der Waals surface area contributed by atoms with Crippen LogP contribution in [0.3, 0.4) is 0 Å². The predicted molar refractivity (Wildman–Crippen MR) is 101 cm³/mol. The van der Waals surface area contributed by atoms with Crippen molar-refractivity contribution in [2.75, 3.05) is 12.9 Å². The molecule has 0 aliphatic carbocycles. The maximum absolute atomic E-state index is 13.0. The Hall–Kier alpha value is -2.80. The Morgan fingerprint density at radius 1 is 1.38 bits per heavy atom. The highest BCUT2D eigenvalue weighted by Crippen LogP contribution is 2.21. The van der Waals surface area contributed by atoms with E-state index in [0.717, 1.165) is 5.57 Å². The molecule has 0 bridgehead atoms. The van der Waals surface area contributed by atoms with Crippen molar-refractivity contribution in [2.45, 2.75) is 18.6 Å². The summed E-state index contributed by atoms with van der Waals surface area (Å²) in [6, 6.07) is 8.32. The Balaban J connectivity index is 2.14. The molecule has 1 aromatic carbocycles. The summed E-state index contributed by atoms with van der Waals surface area (Å²) in [5, 5.41) is 0.979. The fraction of sp³-hybridized carbons (Fsp3) is 0.211. The van der Waals surface area contributed by atoms with Crippen LogP contribution < -0.4 is 5.56 Å². The van der Waals surface area contributed by atoms with Crippen molar-refractivity contribution in [1.82, 2.24) is 9.55 Å². The molecule has 0 saturated heterocycles. The number of benzene rings is 1. The van der Waals surface area contributed by atoms with Gasteiger partial charge in [0.1, 0.15) is 5.76 Å². The normalized spacial score (nSPS) is 10.8. The van der Waals surface area contributed by atoms with Crippen molar-refractivity contribution in [2.24, 2.45) is 0 Å².